The molecule has 0 saturated heterocycles. The number of hydrogen-bond acceptors (Lipinski definition) is 5. The minimum Gasteiger partial charge on any atom is -0.367 e. The van der Waals surface area contributed by atoms with Crippen LogP contribution in [0.3, 0.4) is 0 Å². The predicted octanol–water partition coefficient (Wildman–Crippen LogP) is 3.80. The van der Waals surface area contributed by atoms with Gasteiger partial charge in [0.25, 0.3) is 0 Å². The van der Waals surface area contributed by atoms with Crippen LogP contribution in [0.15, 0.2) is 36.9 Å². The minimum absolute atomic E-state index is 0.478. The van der Waals surface area contributed by atoms with Crippen molar-refractivity contribution in [3.63, 3.8) is 0 Å². The number of anilines is 1. The molecule has 1 fully saturated rings. The number of aryl methyl sites for hydroxylation is 1. The molecule has 4 rings (SSSR count). The van der Waals surface area contributed by atoms with Crippen molar-refractivity contribution >= 4 is 16.7 Å². The lowest BCUT2D eigenvalue weighted by atomic mass is 9.90. The van der Waals surface area contributed by atoms with Crippen LogP contribution < -0.4 is 5.32 Å². The lowest BCUT2D eigenvalue weighted by Gasteiger charge is -2.33. The van der Waals surface area contributed by atoms with Gasteiger partial charge in [-0.05, 0) is 64.4 Å². The highest BCUT2D eigenvalue weighted by molar-refractivity contribution is 5.92. The van der Waals surface area contributed by atoms with Crippen LogP contribution in [0.1, 0.15) is 32.6 Å². The molecule has 6 nitrogen and oxygen atoms in total. The molecule has 2 aromatic heterocycles. The smallest absolute Gasteiger partial charge is 0.137 e. The second-order valence-electron chi connectivity index (χ2n) is 7.65. The molecule has 0 aliphatic heterocycles. The second-order valence-corrected chi connectivity index (χ2v) is 7.65. The zero-order chi connectivity index (χ0) is 18.8. The van der Waals surface area contributed by atoms with E-state index in [9.17, 15) is 0 Å². The molecule has 27 heavy (non-hydrogen) atoms. The van der Waals surface area contributed by atoms with E-state index in [1.54, 1.807) is 6.33 Å². The fraction of sp³-hybridized carbons (Fsp3) is 0.476. The van der Waals surface area contributed by atoms with Gasteiger partial charge in [-0.25, -0.2) is 9.97 Å². The summed E-state index contributed by atoms with van der Waals surface area (Å²) in [6.45, 7) is 2.97. The van der Waals surface area contributed by atoms with Gasteiger partial charge >= 0.3 is 0 Å². The molecule has 0 unspecified atom stereocenters. The molecule has 0 atom stereocenters. The molecule has 1 aliphatic rings. The lowest BCUT2D eigenvalue weighted by Crippen LogP contribution is -2.36. The fourth-order valence-corrected chi connectivity index (χ4v) is 3.97. The van der Waals surface area contributed by atoms with E-state index < -0.39 is 0 Å². The topological polar surface area (TPSA) is 58.9 Å². The van der Waals surface area contributed by atoms with Gasteiger partial charge < -0.3 is 10.2 Å². The summed E-state index contributed by atoms with van der Waals surface area (Å²) >= 11 is 0. The first kappa shape index (κ1) is 17.9. The largest absolute Gasteiger partial charge is 0.367 e. The van der Waals surface area contributed by atoms with Crippen LogP contribution in [0.25, 0.3) is 22.0 Å². The van der Waals surface area contributed by atoms with Gasteiger partial charge in [-0.1, -0.05) is 6.07 Å². The fourth-order valence-electron chi connectivity index (χ4n) is 3.97. The number of fused-ring (bicyclic) bond motifs is 1. The number of nitrogens with zero attached hydrogens (tertiary/aromatic N) is 5. The highest BCUT2D eigenvalue weighted by Gasteiger charge is 2.23. The van der Waals surface area contributed by atoms with Gasteiger partial charge in [0.05, 0.1) is 11.7 Å². The van der Waals surface area contributed by atoms with Gasteiger partial charge in [0.2, 0.25) is 0 Å². The third kappa shape index (κ3) is 3.81. The van der Waals surface area contributed by atoms with Crippen molar-refractivity contribution in [1.29, 1.82) is 0 Å². The molecule has 2 heterocycles. The summed E-state index contributed by atoms with van der Waals surface area (Å²) in [5.74, 6) is 0.943. The van der Waals surface area contributed by atoms with Crippen molar-refractivity contribution in [2.45, 2.75) is 51.2 Å². The third-order valence-corrected chi connectivity index (χ3v) is 5.69. The molecule has 0 amide bonds. The Labute approximate surface area is 160 Å². The van der Waals surface area contributed by atoms with Crippen LogP contribution in [0, 0.1) is 0 Å². The Morgan fingerprint density at radius 3 is 2.63 bits per heavy atom. The first-order chi connectivity index (χ1) is 13.1. The quantitative estimate of drug-likeness (QED) is 0.746. The first-order valence-corrected chi connectivity index (χ1v) is 9.84. The average Bonchev–Trinajstić information content (AvgIpc) is 3.18. The first-order valence-electron chi connectivity index (χ1n) is 9.84. The van der Waals surface area contributed by atoms with Crippen LogP contribution in [0.5, 0.6) is 0 Å². The van der Waals surface area contributed by atoms with E-state index in [0.29, 0.717) is 12.1 Å². The highest BCUT2D eigenvalue weighted by Crippen LogP contribution is 2.29. The molecule has 0 bridgehead atoms. The molecular weight excluding hydrogens is 336 g/mol. The Hall–Kier alpha value is -2.47. The standard InChI is InChI=1S/C21H28N6/c1-4-27-13-16(12-24-27)15-5-10-20-19(11-15)21(23-14-22-20)25-17-6-8-18(9-7-17)26(2)3/h5,10-14,17-18H,4,6-9H2,1-3H3,(H,22,23,25). The summed E-state index contributed by atoms with van der Waals surface area (Å²) in [6, 6.07) is 7.54. The SMILES string of the molecule is CCn1cc(-c2ccc3ncnc(NC4CCC(N(C)C)CC4)c3c2)cn1. The summed E-state index contributed by atoms with van der Waals surface area (Å²) in [6.07, 6.45) is 10.5. The van der Waals surface area contributed by atoms with E-state index in [1.807, 2.05) is 10.9 Å². The molecule has 0 radical (unpaired) electrons. The summed E-state index contributed by atoms with van der Waals surface area (Å²) in [4.78, 5) is 11.4. The van der Waals surface area contributed by atoms with Crippen LogP contribution in [0.4, 0.5) is 5.82 Å². The van der Waals surface area contributed by atoms with Gasteiger partial charge in [0.1, 0.15) is 12.1 Å². The summed E-state index contributed by atoms with van der Waals surface area (Å²) in [7, 11) is 4.36. The number of rotatable bonds is 5. The van der Waals surface area contributed by atoms with E-state index in [4.69, 9.17) is 0 Å². The summed E-state index contributed by atoms with van der Waals surface area (Å²) in [5.41, 5.74) is 3.25. The van der Waals surface area contributed by atoms with Crippen molar-refractivity contribution in [3.8, 4) is 11.1 Å². The Morgan fingerprint density at radius 2 is 1.93 bits per heavy atom. The van der Waals surface area contributed by atoms with Gasteiger partial charge in [-0.3, -0.25) is 4.68 Å². The Morgan fingerprint density at radius 1 is 1.11 bits per heavy atom. The van der Waals surface area contributed by atoms with E-state index in [0.717, 1.165) is 34.4 Å². The van der Waals surface area contributed by atoms with Gasteiger partial charge in [-0.15, -0.1) is 0 Å². The Balaban J connectivity index is 1.58. The van der Waals surface area contributed by atoms with Crippen molar-refractivity contribution in [2.24, 2.45) is 0 Å². The molecular formula is C21H28N6. The zero-order valence-electron chi connectivity index (χ0n) is 16.4. The van der Waals surface area contributed by atoms with Crippen LogP contribution in [0.2, 0.25) is 0 Å². The van der Waals surface area contributed by atoms with Gasteiger partial charge in [-0.2, -0.15) is 5.10 Å². The minimum atomic E-state index is 0.478. The van der Waals surface area contributed by atoms with Crippen LogP contribution in [-0.4, -0.2) is 50.8 Å². The predicted molar refractivity (Wildman–Crippen MR) is 110 cm³/mol. The van der Waals surface area contributed by atoms with E-state index >= 15 is 0 Å². The number of aromatic nitrogens is 4. The maximum Gasteiger partial charge on any atom is 0.137 e. The van der Waals surface area contributed by atoms with Gasteiger partial charge in [0.15, 0.2) is 0 Å². The molecule has 142 valence electrons. The molecule has 1 aromatic carbocycles. The number of hydrogen-bond donors (Lipinski definition) is 1. The molecule has 6 heteroatoms. The monoisotopic (exact) mass is 364 g/mol. The van der Waals surface area contributed by atoms with Crippen molar-refractivity contribution in [1.82, 2.24) is 24.6 Å². The van der Waals surface area contributed by atoms with E-state index in [2.05, 4.69) is 70.7 Å². The Bertz CT molecular complexity index is 908. The Kier molecular flexibility index (Phi) is 5.07. The third-order valence-electron chi connectivity index (χ3n) is 5.69. The second kappa shape index (κ2) is 7.64. The average molecular weight is 364 g/mol. The molecule has 1 saturated carbocycles. The lowest BCUT2D eigenvalue weighted by molar-refractivity contribution is 0.221. The van der Waals surface area contributed by atoms with Gasteiger partial charge in [0, 0.05) is 35.8 Å². The number of benzene rings is 1. The van der Waals surface area contributed by atoms with E-state index in [1.165, 1.54) is 25.7 Å². The molecule has 3 aromatic rings. The van der Waals surface area contributed by atoms with Crippen molar-refractivity contribution in [3.05, 3.63) is 36.9 Å². The van der Waals surface area contributed by atoms with Crippen molar-refractivity contribution in [2.75, 3.05) is 19.4 Å². The van der Waals surface area contributed by atoms with E-state index in [-0.39, 0.29) is 0 Å². The summed E-state index contributed by atoms with van der Waals surface area (Å²) in [5, 5.41) is 9.16. The molecule has 0 spiro atoms. The molecule has 1 aliphatic carbocycles. The molecule has 1 N–H and O–H groups in total. The maximum absolute atomic E-state index is 4.56. The number of nitrogens with one attached hydrogen (secondary N) is 1. The van der Waals surface area contributed by atoms with Crippen molar-refractivity contribution < 1.29 is 0 Å². The highest BCUT2D eigenvalue weighted by atomic mass is 15.3. The normalized spacial score (nSPS) is 20.3. The maximum atomic E-state index is 4.56. The van der Waals surface area contributed by atoms with Crippen LogP contribution in [-0.2, 0) is 6.54 Å². The zero-order valence-corrected chi connectivity index (χ0v) is 16.4. The summed E-state index contributed by atoms with van der Waals surface area (Å²) < 4.78 is 1.95. The van der Waals surface area contributed by atoms with Crippen LogP contribution >= 0.6 is 0 Å².